The number of nitro benzene ring substituents is 1. The minimum absolute atomic E-state index is 0.0489. The normalized spacial score (nSPS) is 11.0. The van der Waals surface area contributed by atoms with Crippen LogP contribution in [0.25, 0.3) is 21.7 Å². The number of fused-ring (bicyclic) bond motifs is 3. The van der Waals surface area contributed by atoms with Gasteiger partial charge in [-0.25, -0.2) is 0 Å². The number of amides is 1. The lowest BCUT2D eigenvalue weighted by atomic mass is 10.0. The summed E-state index contributed by atoms with van der Waals surface area (Å²) in [5.74, 6) is -0.236. The first kappa shape index (κ1) is 17.2. The van der Waals surface area contributed by atoms with E-state index >= 15 is 0 Å². The van der Waals surface area contributed by atoms with Crippen molar-refractivity contribution in [1.82, 2.24) is 0 Å². The average Bonchev–Trinajstić information content (AvgIpc) is 3.06. The number of rotatable bonds is 4. The van der Waals surface area contributed by atoms with Crippen molar-refractivity contribution in [3.05, 3.63) is 81.0 Å². The van der Waals surface area contributed by atoms with Gasteiger partial charge in [0.25, 0.3) is 5.69 Å². The quantitative estimate of drug-likeness (QED) is 0.349. The maximum Gasteiger partial charge on any atom is 0.270 e. The molecule has 1 amide bonds. The van der Waals surface area contributed by atoms with Crippen molar-refractivity contribution in [2.75, 3.05) is 5.32 Å². The number of nitro groups is 1. The molecule has 0 atom stereocenters. The largest absolute Gasteiger partial charge is 0.464 e. The number of hydrogen-bond acceptors (Lipinski definition) is 4. The van der Waals surface area contributed by atoms with E-state index < -0.39 is 4.92 Å². The molecule has 0 bridgehead atoms. The van der Waals surface area contributed by atoms with Gasteiger partial charge in [-0.2, -0.15) is 0 Å². The third-order valence-electron chi connectivity index (χ3n) is 4.33. The first-order chi connectivity index (χ1) is 13.0. The molecule has 0 radical (unpaired) electrons. The van der Waals surface area contributed by atoms with Gasteiger partial charge in [0.2, 0.25) is 5.91 Å². The molecule has 134 valence electrons. The topological polar surface area (TPSA) is 85.4 Å². The Hall–Kier alpha value is -3.19. The van der Waals surface area contributed by atoms with Crippen molar-refractivity contribution in [1.29, 1.82) is 0 Å². The van der Waals surface area contributed by atoms with Gasteiger partial charge >= 0.3 is 0 Å². The van der Waals surface area contributed by atoms with E-state index in [9.17, 15) is 14.9 Å². The first-order valence-corrected chi connectivity index (χ1v) is 8.94. The summed E-state index contributed by atoms with van der Waals surface area (Å²) in [4.78, 5) is 22.9. The summed E-state index contributed by atoms with van der Waals surface area (Å²) in [7, 11) is 0. The van der Waals surface area contributed by atoms with E-state index in [-0.39, 0.29) is 18.0 Å². The highest BCUT2D eigenvalue weighted by Crippen LogP contribution is 2.31. The monoisotopic (exact) mass is 424 g/mol. The van der Waals surface area contributed by atoms with E-state index in [4.69, 9.17) is 4.42 Å². The molecule has 0 saturated carbocycles. The summed E-state index contributed by atoms with van der Waals surface area (Å²) >= 11 is 3.26. The van der Waals surface area contributed by atoms with Gasteiger partial charge in [-0.15, -0.1) is 0 Å². The van der Waals surface area contributed by atoms with Crippen LogP contribution in [0.5, 0.6) is 0 Å². The van der Waals surface area contributed by atoms with Crippen molar-refractivity contribution >= 4 is 55.0 Å². The fourth-order valence-corrected chi connectivity index (χ4v) is 3.56. The molecule has 3 aromatic carbocycles. The highest BCUT2D eigenvalue weighted by atomic mass is 79.9. The first-order valence-electron chi connectivity index (χ1n) is 8.14. The number of non-ortho nitro benzene ring substituents is 1. The highest BCUT2D eigenvalue weighted by molar-refractivity contribution is 9.10. The Kier molecular flexibility index (Phi) is 4.37. The Morgan fingerprint density at radius 3 is 2.74 bits per heavy atom. The van der Waals surface area contributed by atoms with E-state index in [0.29, 0.717) is 10.2 Å². The Labute approximate surface area is 162 Å². The van der Waals surface area contributed by atoms with Crippen LogP contribution in [0.2, 0.25) is 0 Å². The fourth-order valence-electron chi connectivity index (χ4n) is 3.09. The second kappa shape index (κ2) is 6.85. The van der Waals surface area contributed by atoms with Crippen LogP contribution in [0.4, 0.5) is 11.4 Å². The number of nitrogens with one attached hydrogen (secondary N) is 1. The summed E-state index contributed by atoms with van der Waals surface area (Å²) in [6.07, 6.45) is 1.73. The zero-order chi connectivity index (χ0) is 19.0. The number of carbonyl (C=O) groups is 1. The maximum atomic E-state index is 12.5. The molecule has 0 saturated heterocycles. The summed E-state index contributed by atoms with van der Waals surface area (Å²) in [6, 6.07) is 16.0. The highest BCUT2D eigenvalue weighted by Gasteiger charge is 2.15. The van der Waals surface area contributed by atoms with Crippen LogP contribution >= 0.6 is 15.9 Å². The van der Waals surface area contributed by atoms with Gasteiger partial charge in [-0.1, -0.05) is 30.3 Å². The lowest BCUT2D eigenvalue weighted by molar-refractivity contribution is -0.384. The molecule has 1 N–H and O–H groups in total. The molecule has 0 aliphatic rings. The second-order valence-electron chi connectivity index (χ2n) is 6.07. The van der Waals surface area contributed by atoms with Gasteiger partial charge < -0.3 is 9.73 Å². The molecule has 7 heteroatoms. The zero-order valence-electron chi connectivity index (χ0n) is 13.9. The molecule has 0 aliphatic carbocycles. The van der Waals surface area contributed by atoms with Crippen molar-refractivity contribution in [3.8, 4) is 0 Å². The second-order valence-corrected chi connectivity index (χ2v) is 6.92. The number of benzene rings is 3. The van der Waals surface area contributed by atoms with Gasteiger partial charge in [0.15, 0.2) is 0 Å². The van der Waals surface area contributed by atoms with E-state index in [1.807, 2.05) is 36.4 Å². The molecule has 4 rings (SSSR count). The van der Waals surface area contributed by atoms with Crippen LogP contribution < -0.4 is 5.32 Å². The standard InChI is InChI=1S/C20H13BrN2O4/c21-16-10-14(23(25)26)6-7-17(16)22-19(24)9-13-11-27-18-8-5-12-3-1-2-4-15(12)20(13)18/h1-8,10-11H,9H2,(H,22,24). The molecule has 27 heavy (non-hydrogen) atoms. The number of halogens is 1. The predicted molar refractivity (Wildman–Crippen MR) is 107 cm³/mol. The summed E-state index contributed by atoms with van der Waals surface area (Å²) < 4.78 is 6.06. The Morgan fingerprint density at radius 2 is 1.96 bits per heavy atom. The van der Waals surface area contributed by atoms with Gasteiger partial charge in [0, 0.05) is 27.6 Å². The summed E-state index contributed by atoms with van der Waals surface area (Å²) in [5, 5.41) is 16.6. The number of carbonyl (C=O) groups excluding carboxylic acids is 1. The average molecular weight is 425 g/mol. The lowest BCUT2D eigenvalue weighted by Gasteiger charge is -2.07. The molecule has 6 nitrogen and oxygen atoms in total. The van der Waals surface area contributed by atoms with Crippen molar-refractivity contribution in [2.45, 2.75) is 6.42 Å². The minimum atomic E-state index is -0.487. The minimum Gasteiger partial charge on any atom is -0.464 e. The van der Waals surface area contributed by atoms with Gasteiger partial charge in [-0.05, 0) is 38.8 Å². The molecule has 4 aromatic rings. The molecule has 0 aliphatic heterocycles. The Bertz CT molecular complexity index is 1200. The fraction of sp³-hybridized carbons (Fsp3) is 0.0500. The maximum absolute atomic E-state index is 12.5. The van der Waals surface area contributed by atoms with E-state index in [1.54, 1.807) is 6.26 Å². The van der Waals surface area contributed by atoms with Crippen LogP contribution in [0.1, 0.15) is 5.56 Å². The molecule has 1 aromatic heterocycles. The van der Waals surface area contributed by atoms with Gasteiger partial charge in [0.1, 0.15) is 5.58 Å². The Morgan fingerprint density at radius 1 is 1.15 bits per heavy atom. The third kappa shape index (κ3) is 3.29. The third-order valence-corrected chi connectivity index (χ3v) is 4.98. The van der Waals surface area contributed by atoms with Crippen LogP contribution in [0, 0.1) is 10.1 Å². The number of anilines is 1. The van der Waals surface area contributed by atoms with Gasteiger partial charge in [-0.3, -0.25) is 14.9 Å². The molecule has 1 heterocycles. The molecule has 0 fully saturated rings. The molecule has 0 spiro atoms. The molecule has 0 unspecified atom stereocenters. The van der Waals surface area contributed by atoms with Crippen LogP contribution in [-0.4, -0.2) is 10.8 Å². The zero-order valence-corrected chi connectivity index (χ0v) is 15.5. The lowest BCUT2D eigenvalue weighted by Crippen LogP contribution is -2.14. The van der Waals surface area contributed by atoms with Crippen molar-refractivity contribution in [2.24, 2.45) is 0 Å². The number of furan rings is 1. The number of hydrogen-bond donors (Lipinski definition) is 1. The predicted octanol–water partition coefficient (Wildman–Crippen LogP) is 5.44. The molecular weight excluding hydrogens is 412 g/mol. The SMILES string of the molecule is O=C(Cc1coc2ccc3ccccc3c12)Nc1ccc([N+](=O)[O-])cc1Br. The van der Waals surface area contributed by atoms with Crippen molar-refractivity contribution < 1.29 is 14.1 Å². The van der Waals surface area contributed by atoms with Crippen LogP contribution in [-0.2, 0) is 11.2 Å². The van der Waals surface area contributed by atoms with E-state index in [2.05, 4.69) is 21.2 Å². The van der Waals surface area contributed by atoms with Crippen LogP contribution in [0.3, 0.4) is 0 Å². The Balaban J connectivity index is 1.62. The van der Waals surface area contributed by atoms with Crippen LogP contribution in [0.15, 0.2) is 69.8 Å². The van der Waals surface area contributed by atoms with E-state index in [0.717, 1.165) is 27.3 Å². The summed E-state index contributed by atoms with van der Waals surface area (Å²) in [6.45, 7) is 0. The van der Waals surface area contributed by atoms with E-state index in [1.165, 1.54) is 18.2 Å². The smallest absolute Gasteiger partial charge is 0.270 e. The van der Waals surface area contributed by atoms with Gasteiger partial charge in [0.05, 0.1) is 23.3 Å². The molecular formula is C20H13BrN2O4. The summed E-state index contributed by atoms with van der Waals surface area (Å²) in [5.41, 5.74) is 1.95. The number of nitrogens with zero attached hydrogens (tertiary/aromatic N) is 1. The van der Waals surface area contributed by atoms with Crippen molar-refractivity contribution in [3.63, 3.8) is 0 Å².